The normalized spacial score (nSPS) is 22.4. The Bertz CT molecular complexity index is 271. The minimum atomic E-state index is -0.113. The summed E-state index contributed by atoms with van der Waals surface area (Å²) < 4.78 is 0. The van der Waals surface area contributed by atoms with Crippen molar-refractivity contribution in [1.29, 1.82) is 0 Å². The van der Waals surface area contributed by atoms with Crippen LogP contribution in [0, 0.1) is 5.92 Å². The lowest BCUT2D eigenvalue weighted by Crippen LogP contribution is -2.51. The molecule has 1 amide bonds. The Kier molecular flexibility index (Phi) is 7.18. The van der Waals surface area contributed by atoms with E-state index in [1.807, 2.05) is 6.92 Å². The zero-order chi connectivity index (χ0) is 13.1. The number of hydrogen-bond acceptors (Lipinski definition) is 3. The minimum absolute atomic E-state index is 0. The zero-order valence-corrected chi connectivity index (χ0v) is 12.8. The Balaban J connectivity index is 0.00000289. The van der Waals surface area contributed by atoms with Crippen molar-refractivity contribution in [3.63, 3.8) is 0 Å². The second-order valence-electron chi connectivity index (χ2n) is 5.79. The van der Waals surface area contributed by atoms with Gasteiger partial charge in [-0.3, -0.25) is 9.69 Å². The number of nitrogens with two attached hydrogens (primary N) is 1. The molecule has 1 fully saturated rings. The van der Waals surface area contributed by atoms with E-state index < -0.39 is 0 Å². The van der Waals surface area contributed by atoms with Crippen LogP contribution in [0.25, 0.3) is 0 Å². The highest BCUT2D eigenvalue weighted by Crippen LogP contribution is 2.18. The van der Waals surface area contributed by atoms with Crippen LogP contribution in [0.15, 0.2) is 0 Å². The first-order valence-electron chi connectivity index (χ1n) is 6.65. The number of nitrogens with one attached hydrogen (secondary N) is 1. The number of likely N-dealkylation sites (tertiary alicyclic amines) is 1. The molecule has 0 aromatic rings. The third-order valence-corrected chi connectivity index (χ3v) is 3.92. The van der Waals surface area contributed by atoms with E-state index in [-0.39, 0.29) is 29.9 Å². The van der Waals surface area contributed by atoms with Gasteiger partial charge in [0.15, 0.2) is 0 Å². The quantitative estimate of drug-likeness (QED) is 0.798. The average Bonchev–Trinajstić information content (AvgIpc) is 2.76. The van der Waals surface area contributed by atoms with Crippen molar-refractivity contribution in [3.05, 3.63) is 0 Å². The molecule has 0 aromatic heterocycles. The van der Waals surface area contributed by atoms with E-state index in [9.17, 15) is 4.79 Å². The first-order valence-corrected chi connectivity index (χ1v) is 6.65. The van der Waals surface area contributed by atoms with E-state index in [1.54, 1.807) is 0 Å². The number of nitrogens with zero attached hydrogens (tertiary/aromatic N) is 1. The fourth-order valence-electron chi connectivity index (χ4n) is 2.10. The van der Waals surface area contributed by atoms with Gasteiger partial charge in [0, 0.05) is 12.1 Å². The largest absolute Gasteiger partial charge is 0.350 e. The molecule has 18 heavy (non-hydrogen) atoms. The summed E-state index contributed by atoms with van der Waals surface area (Å²) in [5.41, 5.74) is 5.56. The van der Waals surface area contributed by atoms with Crippen molar-refractivity contribution in [3.8, 4) is 0 Å². The predicted molar refractivity (Wildman–Crippen MR) is 78.0 cm³/mol. The molecule has 2 unspecified atom stereocenters. The second-order valence-corrected chi connectivity index (χ2v) is 5.79. The van der Waals surface area contributed by atoms with Crippen LogP contribution in [-0.4, -0.2) is 42.0 Å². The molecule has 0 aliphatic carbocycles. The van der Waals surface area contributed by atoms with Crippen molar-refractivity contribution < 1.29 is 4.79 Å². The van der Waals surface area contributed by atoms with E-state index in [2.05, 4.69) is 31.0 Å². The van der Waals surface area contributed by atoms with Gasteiger partial charge in [-0.2, -0.15) is 0 Å². The number of hydrogen-bond donors (Lipinski definition) is 2. The van der Waals surface area contributed by atoms with Crippen molar-refractivity contribution in [2.45, 2.75) is 52.1 Å². The molecule has 0 aromatic carbocycles. The molecule has 1 heterocycles. The summed E-state index contributed by atoms with van der Waals surface area (Å²) in [7, 11) is 0. The molecule has 0 saturated carbocycles. The van der Waals surface area contributed by atoms with Crippen LogP contribution >= 0.6 is 12.4 Å². The third kappa shape index (κ3) is 4.75. The van der Waals surface area contributed by atoms with Crippen LogP contribution < -0.4 is 11.1 Å². The molecule has 1 aliphatic rings. The summed E-state index contributed by atoms with van der Waals surface area (Å²) in [6.45, 7) is 10.9. The highest BCUT2D eigenvalue weighted by molar-refractivity contribution is 5.85. The summed E-state index contributed by atoms with van der Waals surface area (Å²) in [4.78, 5) is 14.4. The molecule has 4 nitrogen and oxygen atoms in total. The fourth-order valence-corrected chi connectivity index (χ4v) is 2.10. The molecule has 1 saturated heterocycles. The van der Waals surface area contributed by atoms with E-state index in [0.29, 0.717) is 5.92 Å². The van der Waals surface area contributed by atoms with Crippen LogP contribution in [0.5, 0.6) is 0 Å². The van der Waals surface area contributed by atoms with E-state index >= 15 is 0 Å². The molecule has 3 N–H and O–H groups in total. The van der Waals surface area contributed by atoms with Crippen LogP contribution in [-0.2, 0) is 4.79 Å². The number of halogens is 1. The number of rotatable bonds is 5. The van der Waals surface area contributed by atoms with Crippen LogP contribution in [0.1, 0.15) is 40.5 Å². The highest BCUT2D eigenvalue weighted by atomic mass is 35.5. The van der Waals surface area contributed by atoms with Gasteiger partial charge in [0.2, 0.25) is 5.91 Å². The first-order chi connectivity index (χ1) is 7.89. The fraction of sp³-hybridized carbons (Fsp3) is 0.923. The summed E-state index contributed by atoms with van der Waals surface area (Å²) in [6, 6.07) is -0.0441. The van der Waals surface area contributed by atoms with Gasteiger partial charge in [-0.1, -0.05) is 6.92 Å². The van der Waals surface area contributed by atoms with Crippen molar-refractivity contribution >= 4 is 18.3 Å². The van der Waals surface area contributed by atoms with Gasteiger partial charge in [-0.15, -0.1) is 12.4 Å². The van der Waals surface area contributed by atoms with Crippen LogP contribution in [0.3, 0.4) is 0 Å². The molecule has 0 spiro atoms. The smallest absolute Gasteiger partial charge is 0.237 e. The molecule has 0 bridgehead atoms. The SMILES string of the molecule is CCC(C)(C)NC(=O)C(C)N1CCC(CN)C1.Cl. The Morgan fingerprint density at radius 3 is 2.61 bits per heavy atom. The maximum Gasteiger partial charge on any atom is 0.237 e. The van der Waals surface area contributed by atoms with Crippen molar-refractivity contribution in [2.75, 3.05) is 19.6 Å². The molecule has 2 atom stereocenters. The molecule has 1 rings (SSSR count). The molecule has 5 heteroatoms. The molecule has 1 aliphatic heterocycles. The predicted octanol–water partition coefficient (Wildman–Crippen LogP) is 1.38. The average molecular weight is 278 g/mol. The van der Waals surface area contributed by atoms with Gasteiger partial charge >= 0.3 is 0 Å². The molecule has 108 valence electrons. The molecule has 0 radical (unpaired) electrons. The van der Waals surface area contributed by atoms with Gasteiger partial charge in [0.1, 0.15) is 0 Å². The lowest BCUT2D eigenvalue weighted by Gasteiger charge is -2.30. The summed E-state index contributed by atoms with van der Waals surface area (Å²) in [6.07, 6.45) is 2.06. The topological polar surface area (TPSA) is 58.4 Å². The Morgan fingerprint density at radius 2 is 2.17 bits per heavy atom. The zero-order valence-electron chi connectivity index (χ0n) is 12.0. The lowest BCUT2D eigenvalue weighted by molar-refractivity contribution is -0.127. The van der Waals surface area contributed by atoms with E-state index in [1.165, 1.54) is 0 Å². The summed E-state index contributed by atoms with van der Waals surface area (Å²) in [5.74, 6) is 0.693. The Labute approximate surface area is 117 Å². The minimum Gasteiger partial charge on any atom is -0.350 e. The van der Waals surface area contributed by atoms with Crippen LogP contribution in [0.4, 0.5) is 0 Å². The Hall–Kier alpha value is -0.320. The van der Waals surface area contributed by atoms with Crippen LogP contribution in [0.2, 0.25) is 0 Å². The van der Waals surface area contributed by atoms with E-state index in [4.69, 9.17) is 5.73 Å². The standard InChI is InChI=1S/C13H27N3O.ClH/c1-5-13(3,4)15-12(17)10(2)16-7-6-11(8-14)9-16;/h10-11H,5-9,14H2,1-4H3,(H,15,17);1H. The van der Waals surface area contributed by atoms with Crippen molar-refractivity contribution in [2.24, 2.45) is 11.7 Å². The lowest BCUT2D eigenvalue weighted by atomic mass is 10.0. The van der Waals surface area contributed by atoms with Gasteiger partial charge in [0.25, 0.3) is 0 Å². The van der Waals surface area contributed by atoms with Gasteiger partial charge in [-0.25, -0.2) is 0 Å². The van der Waals surface area contributed by atoms with Gasteiger partial charge in [0.05, 0.1) is 6.04 Å². The van der Waals surface area contributed by atoms with Gasteiger partial charge < -0.3 is 11.1 Å². The highest BCUT2D eigenvalue weighted by Gasteiger charge is 2.30. The maximum absolute atomic E-state index is 12.1. The van der Waals surface area contributed by atoms with Crippen molar-refractivity contribution in [1.82, 2.24) is 10.2 Å². The third-order valence-electron chi connectivity index (χ3n) is 3.92. The summed E-state index contributed by atoms with van der Waals surface area (Å²) in [5, 5.41) is 3.10. The number of carbonyl (C=O) groups is 1. The summed E-state index contributed by atoms with van der Waals surface area (Å²) >= 11 is 0. The number of carbonyl (C=O) groups excluding carboxylic acids is 1. The van der Waals surface area contributed by atoms with E-state index in [0.717, 1.165) is 32.5 Å². The maximum atomic E-state index is 12.1. The Morgan fingerprint density at radius 1 is 1.56 bits per heavy atom. The molecular weight excluding hydrogens is 250 g/mol. The molecular formula is C13H28ClN3O. The first kappa shape index (κ1) is 17.7. The number of amides is 1. The van der Waals surface area contributed by atoms with Gasteiger partial charge in [-0.05, 0) is 52.6 Å². The second kappa shape index (κ2) is 7.31. The monoisotopic (exact) mass is 277 g/mol.